The van der Waals surface area contributed by atoms with Crippen LogP contribution in [0, 0.1) is 17.0 Å². The van der Waals surface area contributed by atoms with E-state index in [9.17, 15) is 14.9 Å². The maximum Gasteiger partial charge on any atom is 0.282 e. The molecule has 1 atom stereocenters. The van der Waals surface area contributed by atoms with E-state index in [1.807, 2.05) is 0 Å². The predicted molar refractivity (Wildman–Crippen MR) is 74.6 cm³/mol. The van der Waals surface area contributed by atoms with Crippen molar-refractivity contribution in [2.75, 3.05) is 5.73 Å². The van der Waals surface area contributed by atoms with E-state index in [-0.39, 0.29) is 16.9 Å². The highest BCUT2D eigenvalue weighted by Gasteiger charge is 2.23. The Morgan fingerprint density at radius 1 is 1.52 bits per heavy atom. The molecule has 0 radical (unpaired) electrons. The van der Waals surface area contributed by atoms with Crippen LogP contribution < -0.4 is 11.1 Å². The summed E-state index contributed by atoms with van der Waals surface area (Å²) in [5, 5.41) is 13.5. The number of aryl methyl sites for hydroxylation is 1. The minimum Gasteiger partial charge on any atom is -0.444 e. The van der Waals surface area contributed by atoms with Gasteiger partial charge in [-0.15, -0.1) is 0 Å². The van der Waals surface area contributed by atoms with Crippen LogP contribution in [0.25, 0.3) is 0 Å². The number of aromatic nitrogens is 1. The van der Waals surface area contributed by atoms with Crippen LogP contribution in [0.15, 0.2) is 28.8 Å². The van der Waals surface area contributed by atoms with Gasteiger partial charge in [-0.05, 0) is 26.0 Å². The van der Waals surface area contributed by atoms with Crippen molar-refractivity contribution in [2.24, 2.45) is 0 Å². The molecule has 0 spiro atoms. The molecular weight excluding hydrogens is 276 g/mol. The summed E-state index contributed by atoms with van der Waals surface area (Å²) in [4.78, 5) is 26.5. The highest BCUT2D eigenvalue weighted by atomic mass is 16.6. The number of benzene rings is 1. The van der Waals surface area contributed by atoms with E-state index < -0.39 is 16.9 Å². The molecule has 1 unspecified atom stereocenters. The number of nitrogens with one attached hydrogen (secondary N) is 1. The number of nitrogens with two attached hydrogens (primary N) is 1. The van der Waals surface area contributed by atoms with Crippen LogP contribution in [0.4, 0.5) is 11.4 Å². The Kier molecular flexibility index (Phi) is 3.88. The summed E-state index contributed by atoms with van der Waals surface area (Å²) in [7, 11) is 0. The molecule has 1 amide bonds. The number of hydrogen-bond acceptors (Lipinski definition) is 6. The fourth-order valence-corrected chi connectivity index (χ4v) is 1.80. The van der Waals surface area contributed by atoms with Crippen molar-refractivity contribution in [2.45, 2.75) is 19.9 Å². The molecule has 2 aromatic rings. The maximum atomic E-state index is 12.2. The summed E-state index contributed by atoms with van der Waals surface area (Å²) in [5.74, 6) is 0.325. The second-order valence-corrected chi connectivity index (χ2v) is 4.54. The van der Waals surface area contributed by atoms with Gasteiger partial charge in [0, 0.05) is 11.8 Å². The smallest absolute Gasteiger partial charge is 0.282 e. The normalized spacial score (nSPS) is 11.9. The van der Waals surface area contributed by atoms with Crippen molar-refractivity contribution < 1.29 is 14.1 Å². The number of hydrogen-bond donors (Lipinski definition) is 2. The summed E-state index contributed by atoms with van der Waals surface area (Å²) < 4.78 is 5.30. The van der Waals surface area contributed by atoms with Crippen LogP contribution in [-0.2, 0) is 0 Å². The third-order valence-corrected chi connectivity index (χ3v) is 2.82. The SMILES string of the molecule is Cc1cnc(C(C)NC(=O)c2cc(N)ccc2[N+](=O)[O-])o1. The van der Waals surface area contributed by atoms with Crippen LogP contribution in [0.1, 0.15) is 35.0 Å². The molecule has 0 aliphatic rings. The Balaban J connectivity index is 2.24. The first-order valence-corrected chi connectivity index (χ1v) is 6.15. The van der Waals surface area contributed by atoms with Gasteiger partial charge in [0.2, 0.25) is 5.89 Å². The Hall–Kier alpha value is -2.90. The minimum absolute atomic E-state index is 0.102. The zero-order valence-corrected chi connectivity index (χ0v) is 11.5. The lowest BCUT2D eigenvalue weighted by molar-refractivity contribution is -0.385. The van der Waals surface area contributed by atoms with Crippen molar-refractivity contribution in [1.82, 2.24) is 10.3 Å². The highest BCUT2D eigenvalue weighted by molar-refractivity contribution is 5.99. The summed E-state index contributed by atoms with van der Waals surface area (Å²) in [6.45, 7) is 3.40. The Bertz CT molecular complexity index is 695. The highest BCUT2D eigenvalue weighted by Crippen LogP contribution is 2.22. The molecule has 0 aliphatic heterocycles. The molecule has 8 heteroatoms. The van der Waals surface area contributed by atoms with Gasteiger partial charge in [-0.3, -0.25) is 14.9 Å². The lowest BCUT2D eigenvalue weighted by atomic mass is 10.1. The number of anilines is 1. The third-order valence-electron chi connectivity index (χ3n) is 2.82. The van der Waals surface area contributed by atoms with Gasteiger partial charge < -0.3 is 15.5 Å². The molecular formula is C13H14N4O4. The number of nitrogen functional groups attached to an aromatic ring is 1. The van der Waals surface area contributed by atoms with Crippen molar-refractivity contribution >= 4 is 17.3 Å². The van der Waals surface area contributed by atoms with E-state index >= 15 is 0 Å². The molecule has 0 bridgehead atoms. The van der Waals surface area contributed by atoms with Gasteiger partial charge in [-0.25, -0.2) is 4.98 Å². The van der Waals surface area contributed by atoms with E-state index in [0.29, 0.717) is 11.7 Å². The zero-order valence-electron chi connectivity index (χ0n) is 11.5. The minimum atomic E-state index is -0.631. The summed E-state index contributed by atoms with van der Waals surface area (Å²) >= 11 is 0. The van der Waals surface area contributed by atoms with Crippen molar-refractivity contribution in [1.29, 1.82) is 0 Å². The first-order valence-electron chi connectivity index (χ1n) is 6.15. The van der Waals surface area contributed by atoms with E-state index in [1.165, 1.54) is 24.4 Å². The number of nitro groups is 1. The van der Waals surface area contributed by atoms with Crippen molar-refractivity contribution in [3.8, 4) is 0 Å². The molecule has 1 aromatic carbocycles. The first-order chi connectivity index (χ1) is 9.88. The zero-order chi connectivity index (χ0) is 15.6. The molecule has 1 heterocycles. The first kappa shape index (κ1) is 14.5. The van der Waals surface area contributed by atoms with Crippen molar-refractivity contribution in [3.63, 3.8) is 0 Å². The largest absolute Gasteiger partial charge is 0.444 e. The second kappa shape index (κ2) is 5.61. The molecule has 1 aromatic heterocycles. The topological polar surface area (TPSA) is 124 Å². The molecule has 21 heavy (non-hydrogen) atoms. The van der Waals surface area contributed by atoms with Crippen LogP contribution in [0.2, 0.25) is 0 Å². The standard InChI is InChI=1S/C13H14N4O4/c1-7-6-15-13(21-7)8(2)16-12(18)10-5-9(14)3-4-11(10)17(19)20/h3-6,8H,14H2,1-2H3,(H,16,18). The second-order valence-electron chi connectivity index (χ2n) is 4.54. The number of amides is 1. The molecule has 0 aliphatic carbocycles. The van der Waals surface area contributed by atoms with E-state index in [1.54, 1.807) is 13.8 Å². The van der Waals surface area contributed by atoms with Crippen LogP contribution in [0.3, 0.4) is 0 Å². The van der Waals surface area contributed by atoms with Gasteiger partial charge in [0.15, 0.2) is 0 Å². The lowest BCUT2D eigenvalue weighted by Gasteiger charge is -2.11. The molecule has 3 N–H and O–H groups in total. The Morgan fingerprint density at radius 3 is 2.81 bits per heavy atom. The molecule has 0 saturated heterocycles. The third kappa shape index (κ3) is 3.16. The number of rotatable bonds is 4. The van der Waals surface area contributed by atoms with E-state index in [2.05, 4.69) is 10.3 Å². The predicted octanol–water partition coefficient (Wildman–Crippen LogP) is 1.96. The average molecular weight is 290 g/mol. The quantitative estimate of drug-likeness (QED) is 0.504. The van der Waals surface area contributed by atoms with Gasteiger partial charge in [0.25, 0.3) is 11.6 Å². The van der Waals surface area contributed by atoms with Gasteiger partial charge in [0.05, 0.1) is 11.1 Å². The van der Waals surface area contributed by atoms with Crippen LogP contribution in [-0.4, -0.2) is 15.8 Å². The van der Waals surface area contributed by atoms with Gasteiger partial charge in [-0.2, -0.15) is 0 Å². The molecule has 8 nitrogen and oxygen atoms in total. The van der Waals surface area contributed by atoms with Gasteiger partial charge in [0.1, 0.15) is 17.4 Å². The van der Waals surface area contributed by atoms with Gasteiger partial charge in [-0.1, -0.05) is 0 Å². The van der Waals surface area contributed by atoms with Gasteiger partial charge >= 0.3 is 0 Å². The monoisotopic (exact) mass is 290 g/mol. The number of nitrogens with zero attached hydrogens (tertiary/aromatic N) is 2. The van der Waals surface area contributed by atoms with Crippen LogP contribution >= 0.6 is 0 Å². The number of carbonyl (C=O) groups excluding carboxylic acids is 1. The Morgan fingerprint density at radius 2 is 2.24 bits per heavy atom. The van der Waals surface area contributed by atoms with E-state index in [0.717, 1.165) is 0 Å². The fourth-order valence-electron chi connectivity index (χ4n) is 1.80. The summed E-state index contributed by atoms with van der Waals surface area (Å²) in [6, 6.07) is 3.31. The molecule has 0 fully saturated rings. The average Bonchev–Trinajstić information content (AvgIpc) is 2.85. The molecule has 2 rings (SSSR count). The van der Waals surface area contributed by atoms with Crippen LogP contribution in [0.5, 0.6) is 0 Å². The fraction of sp³-hybridized carbons (Fsp3) is 0.231. The number of nitro benzene ring substituents is 1. The number of oxazole rings is 1. The maximum absolute atomic E-state index is 12.2. The Labute approximate surface area is 120 Å². The molecule has 0 saturated carbocycles. The lowest BCUT2D eigenvalue weighted by Crippen LogP contribution is -2.27. The van der Waals surface area contributed by atoms with Crippen molar-refractivity contribution in [3.05, 3.63) is 51.7 Å². The number of carbonyl (C=O) groups is 1. The molecule has 110 valence electrons. The summed E-state index contributed by atoms with van der Waals surface area (Å²) in [6.07, 6.45) is 1.53. The summed E-state index contributed by atoms with van der Waals surface area (Å²) in [5.41, 5.74) is 5.44. The van der Waals surface area contributed by atoms with E-state index in [4.69, 9.17) is 10.2 Å².